The molecule has 0 aromatic heterocycles. The monoisotopic (exact) mass is 404 g/mol. The van der Waals surface area contributed by atoms with Crippen molar-refractivity contribution < 1.29 is 19.4 Å². The second kappa shape index (κ2) is 7.80. The fourth-order valence-corrected chi connectivity index (χ4v) is 3.72. The first-order valence-electron chi connectivity index (χ1n) is 9.88. The minimum Gasteiger partial charge on any atom is -0.491 e. The highest BCUT2D eigenvalue weighted by atomic mass is 16.5. The van der Waals surface area contributed by atoms with Gasteiger partial charge in [-0.3, -0.25) is 9.69 Å². The van der Waals surface area contributed by atoms with E-state index in [0.717, 1.165) is 21.2 Å². The fraction of sp³-hybridized carbons (Fsp3) is 0.250. The first-order chi connectivity index (χ1) is 14.4. The van der Waals surface area contributed by atoms with E-state index in [1.54, 1.807) is 13.0 Å². The number of carbonyl (C=O) groups is 2. The van der Waals surface area contributed by atoms with Crippen LogP contribution in [-0.4, -0.2) is 41.2 Å². The van der Waals surface area contributed by atoms with Crippen LogP contribution >= 0.6 is 0 Å². The van der Waals surface area contributed by atoms with Gasteiger partial charge in [0.2, 0.25) is 0 Å². The molecular formula is C24H24N2O4. The van der Waals surface area contributed by atoms with E-state index in [0.29, 0.717) is 11.3 Å². The predicted molar refractivity (Wildman–Crippen MR) is 114 cm³/mol. The summed E-state index contributed by atoms with van der Waals surface area (Å²) in [5, 5.41) is 15.2. The number of carbonyl (C=O) groups excluding carboxylic acids is 2. The maximum absolute atomic E-state index is 13.1. The lowest BCUT2D eigenvalue weighted by Crippen LogP contribution is -2.42. The van der Waals surface area contributed by atoms with Gasteiger partial charge in [0.05, 0.1) is 6.54 Å². The smallest absolute Gasteiger partial charge is 0.325 e. The molecule has 6 heteroatoms. The third kappa shape index (κ3) is 3.74. The first-order valence-corrected chi connectivity index (χ1v) is 9.88. The highest BCUT2D eigenvalue weighted by Gasteiger charge is 2.49. The van der Waals surface area contributed by atoms with Gasteiger partial charge in [-0.05, 0) is 53.9 Å². The molecule has 1 aliphatic heterocycles. The number of hydrogen-bond acceptors (Lipinski definition) is 4. The van der Waals surface area contributed by atoms with E-state index < -0.39 is 23.6 Å². The van der Waals surface area contributed by atoms with E-state index in [1.807, 2.05) is 67.6 Å². The summed E-state index contributed by atoms with van der Waals surface area (Å²) in [5.41, 5.74) is 0.563. The zero-order valence-corrected chi connectivity index (χ0v) is 17.0. The Labute approximate surface area is 175 Å². The Bertz CT molecular complexity index is 1110. The summed E-state index contributed by atoms with van der Waals surface area (Å²) in [6.45, 7) is 3.48. The van der Waals surface area contributed by atoms with Gasteiger partial charge in [0.25, 0.3) is 5.91 Å². The molecule has 154 valence electrons. The minimum atomic E-state index is -1.18. The molecule has 0 radical (unpaired) electrons. The minimum absolute atomic E-state index is 0.0206. The molecule has 0 bridgehead atoms. The van der Waals surface area contributed by atoms with Crippen molar-refractivity contribution in [2.24, 2.45) is 0 Å². The van der Waals surface area contributed by atoms with Gasteiger partial charge in [0.15, 0.2) is 0 Å². The highest BCUT2D eigenvalue weighted by Crippen LogP contribution is 2.31. The number of hydrogen-bond donors (Lipinski definition) is 2. The van der Waals surface area contributed by atoms with Crippen LogP contribution in [-0.2, 0) is 10.3 Å². The van der Waals surface area contributed by atoms with Gasteiger partial charge >= 0.3 is 6.03 Å². The van der Waals surface area contributed by atoms with Gasteiger partial charge in [-0.15, -0.1) is 0 Å². The van der Waals surface area contributed by atoms with Crippen molar-refractivity contribution in [3.05, 3.63) is 77.9 Å². The molecule has 30 heavy (non-hydrogen) atoms. The van der Waals surface area contributed by atoms with Crippen LogP contribution in [0.4, 0.5) is 4.79 Å². The molecule has 3 aromatic carbocycles. The molecule has 1 heterocycles. The summed E-state index contributed by atoms with van der Waals surface area (Å²) in [7, 11) is 0. The number of aliphatic hydroxyl groups excluding tert-OH is 1. The maximum Gasteiger partial charge on any atom is 0.325 e. The number of fused-ring (bicyclic) bond motifs is 1. The molecule has 2 atom stereocenters. The predicted octanol–water partition coefficient (Wildman–Crippen LogP) is 3.36. The summed E-state index contributed by atoms with van der Waals surface area (Å²) < 4.78 is 5.59. The molecule has 4 rings (SSSR count). The standard InChI is InChI=1S/C24H24N2O4/c1-16-6-5-9-21(12-16)30-15-20(27)14-26-22(28)24(2,25-23(26)29)19-11-10-17-7-3-4-8-18(17)13-19/h3-13,20,27H,14-15H2,1-2H3,(H,25,29). The number of nitrogens with zero attached hydrogens (tertiary/aromatic N) is 1. The quantitative estimate of drug-likeness (QED) is 0.618. The van der Waals surface area contributed by atoms with Gasteiger partial charge in [0.1, 0.15) is 24.0 Å². The molecule has 2 N–H and O–H groups in total. The van der Waals surface area contributed by atoms with Crippen LogP contribution in [0.3, 0.4) is 0 Å². The number of rotatable bonds is 6. The number of nitrogens with one attached hydrogen (secondary N) is 1. The summed E-state index contributed by atoms with van der Waals surface area (Å²) in [6, 6.07) is 20.5. The lowest BCUT2D eigenvalue weighted by atomic mass is 9.90. The number of aryl methyl sites for hydroxylation is 1. The fourth-order valence-electron chi connectivity index (χ4n) is 3.72. The molecule has 6 nitrogen and oxygen atoms in total. The zero-order chi connectivity index (χ0) is 21.3. The molecule has 1 aliphatic rings. The molecule has 1 saturated heterocycles. The number of aliphatic hydroxyl groups is 1. The number of benzene rings is 3. The molecule has 0 saturated carbocycles. The number of amides is 3. The lowest BCUT2D eigenvalue weighted by Gasteiger charge is -2.23. The van der Waals surface area contributed by atoms with Crippen molar-refractivity contribution in [2.45, 2.75) is 25.5 Å². The number of imide groups is 1. The van der Waals surface area contributed by atoms with Gasteiger partial charge in [0, 0.05) is 0 Å². The Morgan fingerprint density at radius 1 is 1.03 bits per heavy atom. The average molecular weight is 404 g/mol. The summed E-state index contributed by atoms with van der Waals surface area (Å²) in [5.74, 6) is 0.240. The van der Waals surface area contributed by atoms with Crippen LogP contribution in [0.5, 0.6) is 5.75 Å². The van der Waals surface area contributed by atoms with E-state index in [-0.39, 0.29) is 13.2 Å². The summed E-state index contributed by atoms with van der Waals surface area (Å²) in [6.07, 6.45) is -1.00. The maximum atomic E-state index is 13.1. The normalized spacial score (nSPS) is 19.8. The molecule has 2 unspecified atom stereocenters. The van der Waals surface area contributed by atoms with E-state index >= 15 is 0 Å². The molecule has 0 spiro atoms. The Morgan fingerprint density at radius 2 is 1.80 bits per heavy atom. The van der Waals surface area contributed by atoms with E-state index in [2.05, 4.69) is 5.32 Å². The van der Waals surface area contributed by atoms with E-state index in [1.165, 1.54) is 0 Å². The summed E-state index contributed by atoms with van der Waals surface area (Å²) >= 11 is 0. The molecule has 3 aromatic rings. The van der Waals surface area contributed by atoms with Crippen molar-refractivity contribution in [3.8, 4) is 5.75 Å². The van der Waals surface area contributed by atoms with Gasteiger partial charge in [-0.1, -0.05) is 48.5 Å². The molecule has 0 aliphatic carbocycles. The number of urea groups is 1. The van der Waals surface area contributed by atoms with Crippen molar-refractivity contribution in [2.75, 3.05) is 13.2 Å². The van der Waals surface area contributed by atoms with Crippen LogP contribution in [0.15, 0.2) is 66.7 Å². The lowest BCUT2D eigenvalue weighted by molar-refractivity contribution is -0.132. The molecule has 3 amide bonds. The Hall–Kier alpha value is -3.38. The van der Waals surface area contributed by atoms with Crippen LogP contribution in [0.2, 0.25) is 0 Å². The van der Waals surface area contributed by atoms with E-state index in [4.69, 9.17) is 4.74 Å². The van der Waals surface area contributed by atoms with Crippen LogP contribution in [0.25, 0.3) is 10.8 Å². The third-order valence-electron chi connectivity index (χ3n) is 5.43. The van der Waals surface area contributed by atoms with Crippen LogP contribution < -0.4 is 10.1 Å². The van der Waals surface area contributed by atoms with E-state index in [9.17, 15) is 14.7 Å². The highest BCUT2D eigenvalue weighted by molar-refractivity contribution is 6.07. The van der Waals surface area contributed by atoms with Crippen LogP contribution in [0, 0.1) is 6.92 Å². The molecular weight excluding hydrogens is 380 g/mol. The Balaban J connectivity index is 1.47. The van der Waals surface area contributed by atoms with Crippen LogP contribution in [0.1, 0.15) is 18.1 Å². The van der Waals surface area contributed by atoms with Crippen molar-refractivity contribution in [1.82, 2.24) is 10.2 Å². The third-order valence-corrected chi connectivity index (χ3v) is 5.43. The van der Waals surface area contributed by atoms with Gasteiger partial charge < -0.3 is 15.2 Å². The van der Waals surface area contributed by atoms with Crippen molar-refractivity contribution in [1.29, 1.82) is 0 Å². The first kappa shape index (κ1) is 19.9. The molecule has 1 fully saturated rings. The number of β-amino-alcohol motifs (C(OH)–C–C–N with tert-alkyl or cyclic N) is 1. The second-order valence-electron chi connectivity index (χ2n) is 7.81. The van der Waals surface area contributed by atoms with Gasteiger partial charge in [-0.2, -0.15) is 0 Å². The Kier molecular flexibility index (Phi) is 5.18. The SMILES string of the molecule is Cc1cccc(OCC(O)CN2C(=O)NC(C)(c3ccc4ccccc4c3)C2=O)c1. The van der Waals surface area contributed by atoms with Crippen molar-refractivity contribution >= 4 is 22.7 Å². The summed E-state index contributed by atoms with van der Waals surface area (Å²) in [4.78, 5) is 26.7. The zero-order valence-electron chi connectivity index (χ0n) is 17.0. The Morgan fingerprint density at radius 3 is 2.57 bits per heavy atom. The topological polar surface area (TPSA) is 78.9 Å². The van der Waals surface area contributed by atoms with Crippen molar-refractivity contribution in [3.63, 3.8) is 0 Å². The average Bonchev–Trinajstić information content (AvgIpc) is 2.96. The second-order valence-corrected chi connectivity index (χ2v) is 7.81. The largest absolute Gasteiger partial charge is 0.491 e. The number of ether oxygens (including phenoxy) is 1. The van der Waals surface area contributed by atoms with Gasteiger partial charge in [-0.25, -0.2) is 4.79 Å².